The molecule has 1 saturated heterocycles. The van der Waals surface area contributed by atoms with E-state index in [0.717, 1.165) is 0 Å². The maximum absolute atomic E-state index is 13.3. The van der Waals surface area contributed by atoms with Gasteiger partial charge >= 0.3 is 18.0 Å². The van der Waals surface area contributed by atoms with Crippen molar-refractivity contribution >= 4 is 41.2 Å². The molecular weight excluding hydrogens is 517 g/mol. The van der Waals surface area contributed by atoms with Crippen LogP contribution in [-0.2, 0) is 9.53 Å². The third kappa shape index (κ3) is 6.89. The molecule has 0 saturated carbocycles. The first-order chi connectivity index (χ1) is 17.4. The Morgan fingerprint density at radius 3 is 2.46 bits per heavy atom. The number of nitrogens with one attached hydrogen (secondary N) is 2. The molecule has 9 nitrogen and oxygen atoms in total. The maximum atomic E-state index is 13.3. The van der Waals surface area contributed by atoms with Crippen LogP contribution in [0.25, 0.3) is 0 Å². The van der Waals surface area contributed by atoms with Crippen molar-refractivity contribution in [1.29, 1.82) is 0 Å². The summed E-state index contributed by atoms with van der Waals surface area (Å²) < 4.78 is 5.44. The lowest BCUT2D eigenvalue weighted by Crippen LogP contribution is -2.59. The average Bonchev–Trinajstić information content (AvgIpc) is 2.78. The Morgan fingerprint density at radius 2 is 1.89 bits per heavy atom. The number of hydrogen-bond donors (Lipinski definition) is 2. The van der Waals surface area contributed by atoms with Gasteiger partial charge in [-0.05, 0) is 59.2 Å². The quantitative estimate of drug-likeness (QED) is 0.509. The van der Waals surface area contributed by atoms with Gasteiger partial charge in [0.25, 0.3) is 0 Å². The Bertz CT molecular complexity index is 1070. The molecule has 0 aromatic heterocycles. The van der Waals surface area contributed by atoms with Gasteiger partial charge in [-0.2, -0.15) is 0 Å². The maximum Gasteiger partial charge on any atom is 0.338 e. The van der Waals surface area contributed by atoms with Crippen molar-refractivity contribution in [3.63, 3.8) is 0 Å². The molecule has 1 aromatic rings. The van der Waals surface area contributed by atoms with E-state index in [-0.39, 0.29) is 30.2 Å². The highest BCUT2D eigenvalue weighted by Crippen LogP contribution is 2.36. The second-order valence-electron chi connectivity index (χ2n) is 10.3. The molecule has 37 heavy (non-hydrogen) atoms. The van der Waals surface area contributed by atoms with Crippen molar-refractivity contribution in [3.8, 4) is 0 Å². The van der Waals surface area contributed by atoms with Gasteiger partial charge in [-0.3, -0.25) is 9.80 Å². The predicted octanol–water partition coefficient (Wildman–Crippen LogP) is 4.41. The van der Waals surface area contributed by atoms with Gasteiger partial charge < -0.3 is 20.3 Å². The number of urea groups is 2. The molecule has 2 aliphatic rings. The van der Waals surface area contributed by atoms with E-state index in [2.05, 4.69) is 15.5 Å². The number of rotatable bonds is 6. The number of carbonyl (C=O) groups is 3. The fourth-order valence-corrected chi connectivity index (χ4v) is 5.23. The fraction of sp³-hybridized carbons (Fsp3) is 0.577. The minimum absolute atomic E-state index is 0.0586. The molecule has 0 unspecified atom stereocenters. The van der Waals surface area contributed by atoms with Gasteiger partial charge in [0.15, 0.2) is 0 Å². The summed E-state index contributed by atoms with van der Waals surface area (Å²) in [5, 5.41) is 6.74. The summed E-state index contributed by atoms with van der Waals surface area (Å²) in [6.45, 7) is 14.0. The number of esters is 1. The number of piperazine rings is 1. The molecule has 2 aliphatic heterocycles. The third-order valence-electron chi connectivity index (χ3n) is 6.35. The highest BCUT2D eigenvalue weighted by atomic mass is 35.5. The lowest BCUT2D eigenvalue weighted by atomic mass is 9.94. The second-order valence-corrected chi connectivity index (χ2v) is 11.2. The smallest absolute Gasteiger partial charge is 0.338 e. The van der Waals surface area contributed by atoms with E-state index < -0.39 is 12.0 Å². The fourth-order valence-electron chi connectivity index (χ4n) is 4.71. The molecule has 0 radical (unpaired) electrons. The zero-order chi connectivity index (χ0) is 27.5. The van der Waals surface area contributed by atoms with Crippen molar-refractivity contribution in [3.05, 3.63) is 45.1 Å². The van der Waals surface area contributed by atoms with Gasteiger partial charge in [-0.1, -0.05) is 29.3 Å². The van der Waals surface area contributed by atoms with Gasteiger partial charge in [0.1, 0.15) is 0 Å². The van der Waals surface area contributed by atoms with Crippen LogP contribution in [-0.4, -0.2) is 83.6 Å². The van der Waals surface area contributed by atoms with Gasteiger partial charge in [0.2, 0.25) is 0 Å². The number of likely N-dealkylation sites (N-methyl/N-ethyl adjacent to an activating group) is 1. The SMILES string of the molecule is CCOC(=O)C1=C(CN2CCN(C(=O)NC(C)(C)C)[C@@H](C)C2)N(CC)C(=O)N[C@H]1c1ccc(Cl)cc1Cl. The van der Waals surface area contributed by atoms with E-state index in [1.54, 1.807) is 30.0 Å². The Kier molecular flexibility index (Phi) is 9.37. The van der Waals surface area contributed by atoms with Crippen LogP contribution in [0.15, 0.2) is 29.5 Å². The molecule has 3 rings (SSSR count). The molecular formula is C26H37Cl2N5O4. The lowest BCUT2D eigenvalue weighted by molar-refractivity contribution is -0.139. The Labute approximate surface area is 229 Å². The van der Waals surface area contributed by atoms with Gasteiger partial charge in [-0.15, -0.1) is 0 Å². The normalized spacial score (nSPS) is 21.1. The molecule has 4 amide bonds. The molecule has 0 bridgehead atoms. The van der Waals surface area contributed by atoms with Gasteiger partial charge in [0.05, 0.1) is 18.2 Å². The van der Waals surface area contributed by atoms with Crippen molar-refractivity contribution in [1.82, 2.24) is 25.3 Å². The van der Waals surface area contributed by atoms with Gasteiger partial charge in [0, 0.05) is 60.0 Å². The van der Waals surface area contributed by atoms with E-state index in [9.17, 15) is 14.4 Å². The highest BCUT2D eigenvalue weighted by Gasteiger charge is 2.40. The molecule has 2 N–H and O–H groups in total. The van der Waals surface area contributed by atoms with Crippen molar-refractivity contribution < 1.29 is 19.1 Å². The van der Waals surface area contributed by atoms with Crippen molar-refractivity contribution in [2.45, 2.75) is 59.2 Å². The van der Waals surface area contributed by atoms with Crippen LogP contribution in [0.2, 0.25) is 10.0 Å². The summed E-state index contributed by atoms with van der Waals surface area (Å²) >= 11 is 12.6. The Morgan fingerprint density at radius 1 is 1.19 bits per heavy atom. The summed E-state index contributed by atoms with van der Waals surface area (Å²) in [4.78, 5) is 44.8. The minimum Gasteiger partial charge on any atom is -0.463 e. The summed E-state index contributed by atoms with van der Waals surface area (Å²) in [5.74, 6) is -0.511. The zero-order valence-corrected chi connectivity index (χ0v) is 23.9. The molecule has 0 aliphatic carbocycles. The van der Waals surface area contributed by atoms with Crippen LogP contribution in [0.4, 0.5) is 9.59 Å². The monoisotopic (exact) mass is 553 g/mol. The topological polar surface area (TPSA) is 94.2 Å². The van der Waals surface area contributed by atoms with E-state index in [0.29, 0.717) is 59.6 Å². The van der Waals surface area contributed by atoms with Crippen LogP contribution < -0.4 is 10.6 Å². The molecule has 2 heterocycles. The number of amides is 4. The summed E-state index contributed by atoms with van der Waals surface area (Å²) in [6.07, 6.45) is 0. The highest BCUT2D eigenvalue weighted by molar-refractivity contribution is 6.35. The first-order valence-electron chi connectivity index (χ1n) is 12.6. The zero-order valence-electron chi connectivity index (χ0n) is 22.4. The molecule has 11 heteroatoms. The molecule has 1 aromatic carbocycles. The number of hydrogen-bond acceptors (Lipinski definition) is 5. The second kappa shape index (κ2) is 11.9. The van der Waals surface area contributed by atoms with Crippen molar-refractivity contribution in [2.24, 2.45) is 0 Å². The predicted molar refractivity (Wildman–Crippen MR) is 145 cm³/mol. The van der Waals surface area contributed by atoms with Crippen LogP contribution in [0.1, 0.15) is 53.1 Å². The van der Waals surface area contributed by atoms with E-state index in [1.807, 2.05) is 39.5 Å². The molecule has 1 fully saturated rings. The lowest BCUT2D eigenvalue weighted by Gasteiger charge is -2.43. The first kappa shape index (κ1) is 29.1. The molecule has 2 atom stereocenters. The van der Waals surface area contributed by atoms with Gasteiger partial charge in [-0.25, -0.2) is 14.4 Å². The third-order valence-corrected chi connectivity index (χ3v) is 6.91. The van der Waals surface area contributed by atoms with E-state index in [4.69, 9.17) is 27.9 Å². The van der Waals surface area contributed by atoms with E-state index >= 15 is 0 Å². The number of ether oxygens (including phenoxy) is 1. The van der Waals surface area contributed by atoms with E-state index in [1.165, 1.54) is 0 Å². The van der Waals surface area contributed by atoms with Crippen LogP contribution in [0.5, 0.6) is 0 Å². The first-order valence-corrected chi connectivity index (χ1v) is 13.4. The minimum atomic E-state index is -0.787. The Balaban J connectivity index is 1.96. The number of benzene rings is 1. The average molecular weight is 555 g/mol. The van der Waals surface area contributed by atoms with Crippen LogP contribution >= 0.6 is 23.2 Å². The summed E-state index contributed by atoms with van der Waals surface area (Å²) in [6, 6.07) is 3.70. The van der Waals surface area contributed by atoms with Crippen LogP contribution in [0, 0.1) is 0 Å². The number of nitrogens with zero attached hydrogens (tertiary/aromatic N) is 3. The largest absolute Gasteiger partial charge is 0.463 e. The molecule has 204 valence electrons. The summed E-state index contributed by atoms with van der Waals surface area (Å²) in [7, 11) is 0. The van der Waals surface area contributed by atoms with Crippen LogP contribution in [0.3, 0.4) is 0 Å². The summed E-state index contributed by atoms with van der Waals surface area (Å²) in [5.41, 5.74) is 1.14. The molecule has 0 spiro atoms. The Hall–Kier alpha value is -2.49. The number of halogens is 2. The van der Waals surface area contributed by atoms with Crippen molar-refractivity contribution in [2.75, 3.05) is 39.3 Å². The standard InChI is InChI=1S/C26H37Cl2N5O4/c1-7-32-20(15-31-11-12-33(16(3)14-31)25(36)30-26(4,5)6)21(23(34)37-8-2)22(29-24(32)35)18-10-9-17(27)13-19(18)28/h9-10,13,16,22H,7-8,11-12,14-15H2,1-6H3,(H,29,35)(H,30,36)/t16-,22-/m0/s1. The number of carbonyl (C=O) groups excluding carboxylic acids is 3.